The Morgan fingerprint density at radius 2 is 1.77 bits per heavy atom. The second-order valence-corrected chi connectivity index (χ2v) is 8.96. The second-order valence-electron chi connectivity index (χ2n) is 7.07. The highest BCUT2D eigenvalue weighted by Gasteiger charge is 2.35. The van der Waals surface area contributed by atoms with Crippen molar-refractivity contribution in [1.82, 2.24) is 14.9 Å². The fraction of sp³-hybridized carbons (Fsp3) is 0.333. The third-order valence-corrected chi connectivity index (χ3v) is 7.06. The summed E-state index contributed by atoms with van der Waals surface area (Å²) in [5.41, 5.74) is 0.260. The van der Waals surface area contributed by atoms with Crippen molar-refractivity contribution >= 4 is 21.8 Å². The van der Waals surface area contributed by atoms with Crippen LogP contribution >= 0.6 is 0 Å². The lowest BCUT2D eigenvalue weighted by molar-refractivity contribution is -0.139. The number of halogens is 1. The van der Waals surface area contributed by atoms with E-state index in [0.717, 1.165) is 0 Å². The van der Waals surface area contributed by atoms with Crippen LogP contribution in [0.3, 0.4) is 0 Å². The molecule has 0 bridgehead atoms. The van der Waals surface area contributed by atoms with Crippen molar-refractivity contribution in [3.8, 4) is 5.75 Å². The highest BCUT2D eigenvalue weighted by molar-refractivity contribution is 7.89. The smallest absolute Gasteiger partial charge is 0.309 e. The summed E-state index contributed by atoms with van der Waals surface area (Å²) in [7, 11) is -2.25. The van der Waals surface area contributed by atoms with Crippen LogP contribution in [0.25, 0.3) is 0 Å². The molecule has 166 valence electrons. The normalized spacial score (nSPS) is 16.6. The molecular weight excluding hydrogens is 425 g/mol. The van der Waals surface area contributed by atoms with Crippen LogP contribution in [0.1, 0.15) is 18.4 Å². The van der Waals surface area contributed by atoms with Gasteiger partial charge in [0, 0.05) is 31.2 Å². The third kappa shape index (κ3) is 5.39. The number of benzene rings is 2. The maximum absolute atomic E-state index is 13.6. The lowest BCUT2D eigenvalue weighted by atomic mass is 10.2. The van der Waals surface area contributed by atoms with Gasteiger partial charge in [0.05, 0.1) is 12.0 Å². The van der Waals surface area contributed by atoms with E-state index >= 15 is 0 Å². The summed E-state index contributed by atoms with van der Waals surface area (Å²) in [6, 6.07) is 11.5. The van der Waals surface area contributed by atoms with Crippen LogP contribution in [-0.2, 0) is 26.2 Å². The minimum Gasteiger partial charge on any atom is -0.497 e. The molecule has 2 aromatic carbocycles. The fourth-order valence-corrected chi connectivity index (χ4v) is 5.09. The number of nitrogens with one attached hydrogen (secondary N) is 2. The Balaban J connectivity index is 1.56. The minimum absolute atomic E-state index is 0.00133. The van der Waals surface area contributed by atoms with Crippen molar-refractivity contribution in [2.45, 2.75) is 30.3 Å². The van der Waals surface area contributed by atoms with Gasteiger partial charge in [0.15, 0.2) is 0 Å². The molecule has 1 saturated heterocycles. The quantitative estimate of drug-likeness (QED) is 0.622. The number of ether oxygens (including phenoxy) is 1. The molecule has 0 aliphatic carbocycles. The summed E-state index contributed by atoms with van der Waals surface area (Å²) >= 11 is 0. The molecule has 1 heterocycles. The van der Waals surface area contributed by atoms with Gasteiger partial charge in [0.1, 0.15) is 11.6 Å². The topological polar surface area (TPSA) is 105 Å². The van der Waals surface area contributed by atoms with Crippen molar-refractivity contribution in [3.05, 3.63) is 59.9 Å². The molecule has 1 aliphatic heterocycles. The molecule has 0 radical (unpaired) electrons. The summed E-state index contributed by atoms with van der Waals surface area (Å²) in [4.78, 5) is 24.2. The summed E-state index contributed by atoms with van der Waals surface area (Å²) < 4.78 is 45.9. The highest BCUT2D eigenvalue weighted by atomic mass is 32.2. The zero-order valence-electron chi connectivity index (χ0n) is 17.0. The number of methoxy groups -OCH3 is 1. The van der Waals surface area contributed by atoms with Gasteiger partial charge in [-0.25, -0.2) is 12.8 Å². The summed E-state index contributed by atoms with van der Waals surface area (Å²) in [6.07, 6.45) is 1.21. The Morgan fingerprint density at radius 3 is 2.45 bits per heavy atom. The van der Waals surface area contributed by atoms with Crippen LogP contribution in [0.4, 0.5) is 4.39 Å². The van der Waals surface area contributed by atoms with Crippen LogP contribution < -0.4 is 15.4 Å². The second kappa shape index (κ2) is 9.88. The molecule has 0 aromatic heterocycles. The van der Waals surface area contributed by atoms with E-state index in [1.165, 1.54) is 41.7 Å². The predicted molar refractivity (Wildman–Crippen MR) is 111 cm³/mol. The van der Waals surface area contributed by atoms with Gasteiger partial charge in [-0.2, -0.15) is 4.31 Å². The van der Waals surface area contributed by atoms with Gasteiger partial charge in [0.25, 0.3) is 0 Å². The minimum atomic E-state index is -3.75. The van der Waals surface area contributed by atoms with Crippen molar-refractivity contribution < 1.29 is 27.1 Å². The van der Waals surface area contributed by atoms with Gasteiger partial charge < -0.3 is 15.4 Å². The average Bonchev–Trinajstić information content (AvgIpc) is 3.26. The number of sulfonamides is 1. The molecule has 2 aromatic rings. The zero-order chi connectivity index (χ0) is 22.4. The van der Waals surface area contributed by atoms with E-state index in [4.69, 9.17) is 4.74 Å². The number of amides is 2. The molecule has 0 spiro atoms. The monoisotopic (exact) mass is 449 g/mol. The van der Waals surface area contributed by atoms with Crippen molar-refractivity contribution in [1.29, 1.82) is 0 Å². The van der Waals surface area contributed by atoms with Crippen LogP contribution in [0.2, 0.25) is 0 Å². The Labute approximate surface area is 180 Å². The first-order chi connectivity index (χ1) is 14.8. The first kappa shape index (κ1) is 22.7. The van der Waals surface area contributed by atoms with Gasteiger partial charge in [-0.15, -0.1) is 0 Å². The number of carbonyl (C=O) groups is 2. The number of rotatable bonds is 7. The average molecular weight is 450 g/mol. The number of carbonyl (C=O) groups excluding carboxylic acids is 2. The van der Waals surface area contributed by atoms with E-state index in [1.807, 2.05) is 0 Å². The first-order valence-electron chi connectivity index (χ1n) is 9.78. The molecule has 2 amide bonds. The molecule has 3 rings (SSSR count). The highest BCUT2D eigenvalue weighted by Crippen LogP contribution is 2.26. The third-order valence-electron chi connectivity index (χ3n) is 5.09. The number of hydrogen-bond acceptors (Lipinski definition) is 5. The first-order valence-corrected chi connectivity index (χ1v) is 11.2. The van der Waals surface area contributed by atoms with Gasteiger partial charge >= 0.3 is 11.8 Å². The standard InChI is InChI=1S/C21H24FN3O5S/c1-30-17-8-10-18(11-9-17)31(28,29)25-12-4-6-16(25)14-24-21(27)20(26)23-13-15-5-2-3-7-19(15)22/h2-3,5,7-11,16H,4,6,12-14H2,1H3,(H,23,26)(H,24,27). The Kier molecular flexibility index (Phi) is 7.24. The SMILES string of the molecule is COc1ccc(S(=O)(=O)N2CCCC2CNC(=O)C(=O)NCc2ccccc2F)cc1. The van der Waals surface area contributed by atoms with Gasteiger partial charge in [-0.3, -0.25) is 9.59 Å². The molecular formula is C21H24FN3O5S. The van der Waals surface area contributed by atoms with Gasteiger partial charge in [0.2, 0.25) is 10.0 Å². The van der Waals surface area contributed by atoms with Crippen molar-refractivity contribution in [3.63, 3.8) is 0 Å². The Bertz CT molecular complexity index is 1040. The van der Waals surface area contributed by atoms with E-state index in [0.29, 0.717) is 25.1 Å². The molecule has 1 atom stereocenters. The van der Waals surface area contributed by atoms with E-state index in [-0.39, 0.29) is 23.5 Å². The zero-order valence-corrected chi connectivity index (χ0v) is 17.8. The number of hydrogen-bond donors (Lipinski definition) is 2. The lowest BCUT2D eigenvalue weighted by Crippen LogP contribution is -2.46. The Morgan fingerprint density at radius 1 is 1.10 bits per heavy atom. The maximum Gasteiger partial charge on any atom is 0.309 e. The fourth-order valence-electron chi connectivity index (χ4n) is 3.40. The summed E-state index contributed by atoms with van der Waals surface area (Å²) in [5, 5.41) is 4.83. The van der Waals surface area contributed by atoms with Crippen LogP contribution in [-0.4, -0.2) is 50.8 Å². The lowest BCUT2D eigenvalue weighted by Gasteiger charge is -2.24. The van der Waals surface area contributed by atoms with Crippen molar-refractivity contribution in [2.75, 3.05) is 20.2 Å². The van der Waals surface area contributed by atoms with E-state index in [2.05, 4.69) is 10.6 Å². The van der Waals surface area contributed by atoms with Crippen LogP contribution in [0.5, 0.6) is 5.75 Å². The molecule has 8 nitrogen and oxygen atoms in total. The molecule has 31 heavy (non-hydrogen) atoms. The predicted octanol–water partition coefficient (Wildman–Crippen LogP) is 1.42. The van der Waals surface area contributed by atoms with E-state index in [9.17, 15) is 22.4 Å². The van der Waals surface area contributed by atoms with Crippen LogP contribution in [0.15, 0.2) is 53.4 Å². The molecule has 10 heteroatoms. The van der Waals surface area contributed by atoms with E-state index < -0.39 is 33.7 Å². The van der Waals surface area contributed by atoms with E-state index in [1.54, 1.807) is 18.2 Å². The Hall–Kier alpha value is -2.98. The molecule has 2 N–H and O–H groups in total. The maximum atomic E-state index is 13.6. The van der Waals surface area contributed by atoms with Crippen molar-refractivity contribution in [2.24, 2.45) is 0 Å². The number of nitrogens with zero attached hydrogens (tertiary/aromatic N) is 1. The molecule has 0 saturated carbocycles. The molecule has 1 aliphatic rings. The summed E-state index contributed by atoms with van der Waals surface area (Å²) in [6.45, 7) is 0.204. The molecule has 1 fully saturated rings. The van der Waals surface area contributed by atoms with Gasteiger partial charge in [-0.1, -0.05) is 18.2 Å². The molecule has 1 unspecified atom stereocenters. The summed E-state index contributed by atoms with van der Waals surface area (Å²) in [5.74, 6) is -1.74. The van der Waals surface area contributed by atoms with Gasteiger partial charge in [-0.05, 0) is 43.2 Å². The largest absolute Gasteiger partial charge is 0.497 e. The van der Waals surface area contributed by atoms with Crippen LogP contribution in [0, 0.1) is 5.82 Å².